The first-order valence-corrected chi connectivity index (χ1v) is 6.90. The molecular weight excluding hydrogens is 329 g/mol. The van der Waals surface area contributed by atoms with Gasteiger partial charge in [-0.3, -0.25) is 10.1 Å². The molecule has 4 nitrogen and oxygen atoms in total. The summed E-state index contributed by atoms with van der Waals surface area (Å²) >= 11 is 3.34. The molecule has 0 atom stereocenters. The molecule has 0 aliphatic rings. The average molecular weight is 340 g/mol. The van der Waals surface area contributed by atoms with Gasteiger partial charge in [-0.1, -0.05) is 28.1 Å². The second kappa shape index (κ2) is 6.00. The average Bonchev–Trinajstić information content (AvgIpc) is 2.40. The van der Waals surface area contributed by atoms with E-state index >= 15 is 0 Å². The van der Waals surface area contributed by atoms with Gasteiger partial charge in [0.15, 0.2) is 0 Å². The Balaban J connectivity index is 2.39. The smallest absolute Gasteiger partial charge is 0.311 e. The van der Waals surface area contributed by atoms with E-state index in [1.807, 2.05) is 19.1 Å². The van der Waals surface area contributed by atoms with Crippen molar-refractivity contribution in [3.05, 3.63) is 63.5 Å². The highest BCUT2D eigenvalue weighted by molar-refractivity contribution is 9.08. The largest absolute Gasteiger partial charge is 0.450 e. The van der Waals surface area contributed by atoms with Gasteiger partial charge in [0.2, 0.25) is 5.75 Å². The molecule has 104 valence electrons. The van der Waals surface area contributed by atoms with Crippen LogP contribution in [-0.2, 0) is 5.33 Å². The molecule has 2 aromatic rings. The van der Waals surface area contributed by atoms with Gasteiger partial charge in [0.05, 0.1) is 4.92 Å². The molecule has 0 spiro atoms. The fourth-order valence-electron chi connectivity index (χ4n) is 1.75. The van der Waals surface area contributed by atoms with Gasteiger partial charge in [0, 0.05) is 17.5 Å². The zero-order valence-electron chi connectivity index (χ0n) is 10.6. The molecule has 2 aromatic carbocycles. The van der Waals surface area contributed by atoms with Crippen molar-refractivity contribution in [2.24, 2.45) is 0 Å². The number of halogens is 2. The summed E-state index contributed by atoms with van der Waals surface area (Å²) in [4.78, 5) is 10.3. The number of benzene rings is 2. The minimum absolute atomic E-state index is 0.107. The number of nitro groups is 1. The van der Waals surface area contributed by atoms with Crippen LogP contribution in [0.15, 0.2) is 36.4 Å². The Hall–Kier alpha value is -1.95. The van der Waals surface area contributed by atoms with Gasteiger partial charge in [-0.2, -0.15) is 0 Å². The number of nitrogens with zero attached hydrogens (tertiary/aromatic N) is 1. The van der Waals surface area contributed by atoms with Crippen LogP contribution in [0.3, 0.4) is 0 Å². The third kappa shape index (κ3) is 3.14. The van der Waals surface area contributed by atoms with Crippen molar-refractivity contribution in [2.45, 2.75) is 12.3 Å². The first-order chi connectivity index (χ1) is 9.51. The Kier molecular flexibility index (Phi) is 4.34. The van der Waals surface area contributed by atoms with Gasteiger partial charge in [-0.25, -0.2) is 4.39 Å². The molecule has 0 bridgehead atoms. The second-order valence-corrected chi connectivity index (χ2v) is 4.77. The number of alkyl halides is 1. The zero-order chi connectivity index (χ0) is 14.7. The summed E-state index contributed by atoms with van der Waals surface area (Å²) in [5.41, 5.74) is 1.61. The summed E-state index contributed by atoms with van der Waals surface area (Å²) in [5.74, 6) is -0.228. The summed E-state index contributed by atoms with van der Waals surface area (Å²) in [6.45, 7) is 1.83. The van der Waals surface area contributed by atoms with Crippen molar-refractivity contribution in [3.8, 4) is 11.5 Å². The van der Waals surface area contributed by atoms with Gasteiger partial charge in [-0.15, -0.1) is 0 Å². The summed E-state index contributed by atoms with van der Waals surface area (Å²) in [5, 5.41) is 11.6. The zero-order valence-corrected chi connectivity index (χ0v) is 12.2. The predicted octanol–water partition coefficient (Wildman–Crippen LogP) is 4.73. The number of hydrogen-bond donors (Lipinski definition) is 0. The lowest BCUT2D eigenvalue weighted by molar-refractivity contribution is -0.385. The van der Waals surface area contributed by atoms with E-state index in [0.717, 1.165) is 29.3 Å². The summed E-state index contributed by atoms with van der Waals surface area (Å²) < 4.78 is 18.7. The first kappa shape index (κ1) is 14.5. The van der Waals surface area contributed by atoms with Crippen molar-refractivity contribution in [3.63, 3.8) is 0 Å². The highest BCUT2D eigenvalue weighted by atomic mass is 79.9. The number of ether oxygens (including phenoxy) is 1. The molecule has 0 aliphatic carbocycles. The molecule has 20 heavy (non-hydrogen) atoms. The molecule has 0 aromatic heterocycles. The monoisotopic (exact) mass is 339 g/mol. The molecule has 0 saturated carbocycles. The highest BCUT2D eigenvalue weighted by Crippen LogP contribution is 2.33. The molecule has 0 saturated heterocycles. The van der Waals surface area contributed by atoms with E-state index in [0.29, 0.717) is 11.1 Å². The topological polar surface area (TPSA) is 52.4 Å². The molecular formula is C14H11BrFNO3. The van der Waals surface area contributed by atoms with Crippen LogP contribution in [0.2, 0.25) is 0 Å². The molecule has 0 amide bonds. The minimum Gasteiger partial charge on any atom is -0.450 e. The summed E-state index contributed by atoms with van der Waals surface area (Å²) in [6.07, 6.45) is 0. The van der Waals surface area contributed by atoms with Crippen LogP contribution in [0.1, 0.15) is 11.1 Å². The van der Waals surface area contributed by atoms with Crippen molar-refractivity contribution in [2.75, 3.05) is 0 Å². The fourth-order valence-corrected chi connectivity index (χ4v) is 2.10. The van der Waals surface area contributed by atoms with E-state index in [2.05, 4.69) is 15.9 Å². The van der Waals surface area contributed by atoms with Crippen molar-refractivity contribution in [1.29, 1.82) is 0 Å². The van der Waals surface area contributed by atoms with Gasteiger partial charge in [-0.05, 0) is 30.2 Å². The Labute approximate surface area is 123 Å². The maximum absolute atomic E-state index is 13.2. The molecule has 0 heterocycles. The van der Waals surface area contributed by atoms with E-state index in [1.165, 1.54) is 0 Å². The van der Waals surface area contributed by atoms with Crippen molar-refractivity contribution >= 4 is 21.6 Å². The second-order valence-electron chi connectivity index (χ2n) is 4.20. The van der Waals surface area contributed by atoms with E-state index in [1.54, 1.807) is 6.07 Å². The Bertz CT molecular complexity index is 661. The Morgan fingerprint density at radius 2 is 2.00 bits per heavy atom. The maximum atomic E-state index is 13.2. The molecule has 2 rings (SSSR count). The summed E-state index contributed by atoms with van der Waals surface area (Å²) in [6, 6.07) is 8.58. The molecule has 0 aliphatic heterocycles. The van der Waals surface area contributed by atoms with Crippen LogP contribution in [0.5, 0.6) is 11.5 Å². The van der Waals surface area contributed by atoms with Gasteiger partial charge >= 0.3 is 5.69 Å². The van der Waals surface area contributed by atoms with Crippen LogP contribution in [0.25, 0.3) is 0 Å². The Morgan fingerprint density at radius 1 is 1.25 bits per heavy atom. The van der Waals surface area contributed by atoms with Crippen LogP contribution >= 0.6 is 15.9 Å². The third-order valence-electron chi connectivity index (χ3n) is 2.73. The maximum Gasteiger partial charge on any atom is 0.311 e. The molecule has 0 N–H and O–H groups in total. The van der Waals surface area contributed by atoms with Crippen LogP contribution in [-0.4, -0.2) is 4.92 Å². The lowest BCUT2D eigenvalue weighted by atomic mass is 10.1. The van der Waals surface area contributed by atoms with Crippen molar-refractivity contribution in [1.82, 2.24) is 0 Å². The van der Waals surface area contributed by atoms with Crippen LogP contribution in [0, 0.1) is 22.9 Å². The molecule has 0 radical (unpaired) electrons. The lowest BCUT2D eigenvalue weighted by Crippen LogP contribution is -1.95. The van der Waals surface area contributed by atoms with Gasteiger partial charge < -0.3 is 4.74 Å². The molecule has 0 unspecified atom stereocenters. The number of hydrogen-bond acceptors (Lipinski definition) is 3. The summed E-state index contributed by atoms with van der Waals surface area (Å²) in [7, 11) is 0. The number of aryl methyl sites for hydroxylation is 1. The van der Waals surface area contributed by atoms with E-state index < -0.39 is 10.7 Å². The minimum atomic E-state index is -0.600. The molecule has 0 fully saturated rings. The van der Waals surface area contributed by atoms with Crippen LogP contribution < -0.4 is 4.74 Å². The van der Waals surface area contributed by atoms with E-state index in [4.69, 9.17) is 4.74 Å². The van der Waals surface area contributed by atoms with E-state index in [9.17, 15) is 14.5 Å². The molecule has 6 heteroatoms. The fraction of sp³-hybridized carbons (Fsp3) is 0.143. The SMILES string of the molecule is Cc1cc(CBr)ccc1Oc1cc(F)ccc1[N+](=O)[O-]. The van der Waals surface area contributed by atoms with Gasteiger partial charge in [0.1, 0.15) is 11.6 Å². The lowest BCUT2D eigenvalue weighted by Gasteiger charge is -2.10. The third-order valence-corrected chi connectivity index (χ3v) is 3.38. The quantitative estimate of drug-likeness (QED) is 0.459. The Morgan fingerprint density at radius 3 is 2.60 bits per heavy atom. The van der Waals surface area contributed by atoms with Crippen molar-refractivity contribution < 1.29 is 14.1 Å². The van der Waals surface area contributed by atoms with E-state index in [-0.39, 0.29) is 11.4 Å². The normalized spacial score (nSPS) is 10.3. The van der Waals surface area contributed by atoms with Gasteiger partial charge in [0.25, 0.3) is 0 Å². The first-order valence-electron chi connectivity index (χ1n) is 5.78. The standard InChI is InChI=1S/C14H11BrFNO3/c1-9-6-10(8-15)2-5-13(9)20-14-7-11(16)3-4-12(14)17(18)19/h2-7H,8H2,1H3. The number of nitro benzene ring substituents is 1. The highest BCUT2D eigenvalue weighted by Gasteiger charge is 2.17. The predicted molar refractivity (Wildman–Crippen MR) is 76.9 cm³/mol. The number of rotatable bonds is 4. The van der Waals surface area contributed by atoms with Crippen LogP contribution in [0.4, 0.5) is 10.1 Å².